The second-order valence-electron chi connectivity index (χ2n) is 8.40. The van der Waals surface area contributed by atoms with Gasteiger partial charge in [-0.05, 0) is 61.1 Å². The molecular weight excluding hydrogens is 482 g/mol. The van der Waals surface area contributed by atoms with Gasteiger partial charge in [0.25, 0.3) is 0 Å². The SMILES string of the molecule is CCSC(=O)C1CCN(c2ccc(Nc3nccc(-c4ccc(NS(C)(=O)=O)cc4)n3)cc2)CC1. The lowest BCUT2D eigenvalue weighted by molar-refractivity contribution is -0.114. The number of aromatic nitrogens is 2. The minimum Gasteiger partial charge on any atom is -0.371 e. The van der Waals surface area contributed by atoms with Crippen LogP contribution in [0.15, 0.2) is 60.8 Å². The van der Waals surface area contributed by atoms with E-state index in [1.54, 1.807) is 24.4 Å². The highest BCUT2D eigenvalue weighted by Gasteiger charge is 2.24. The lowest BCUT2D eigenvalue weighted by Crippen LogP contribution is -2.35. The van der Waals surface area contributed by atoms with Gasteiger partial charge in [-0.2, -0.15) is 0 Å². The van der Waals surface area contributed by atoms with Crippen LogP contribution in [0.3, 0.4) is 0 Å². The van der Waals surface area contributed by atoms with Gasteiger partial charge in [0.1, 0.15) is 0 Å². The molecule has 0 bridgehead atoms. The van der Waals surface area contributed by atoms with E-state index in [-0.39, 0.29) is 5.92 Å². The highest BCUT2D eigenvalue weighted by atomic mass is 32.2. The normalized spacial score (nSPS) is 14.5. The Balaban J connectivity index is 1.37. The topological polar surface area (TPSA) is 104 Å². The summed E-state index contributed by atoms with van der Waals surface area (Å²) in [6.45, 7) is 3.79. The fourth-order valence-electron chi connectivity index (χ4n) is 4.02. The van der Waals surface area contributed by atoms with Crippen LogP contribution in [0.1, 0.15) is 19.8 Å². The largest absolute Gasteiger partial charge is 0.371 e. The van der Waals surface area contributed by atoms with Gasteiger partial charge in [-0.1, -0.05) is 30.8 Å². The first kappa shape index (κ1) is 25.0. The zero-order valence-electron chi connectivity index (χ0n) is 19.8. The van der Waals surface area contributed by atoms with E-state index in [2.05, 4.69) is 37.0 Å². The van der Waals surface area contributed by atoms with E-state index >= 15 is 0 Å². The summed E-state index contributed by atoms with van der Waals surface area (Å²) in [5.74, 6) is 1.49. The van der Waals surface area contributed by atoms with E-state index in [4.69, 9.17) is 0 Å². The zero-order chi connectivity index (χ0) is 24.8. The minimum atomic E-state index is -3.32. The number of carbonyl (C=O) groups is 1. The van der Waals surface area contributed by atoms with E-state index in [9.17, 15) is 13.2 Å². The van der Waals surface area contributed by atoms with Crippen molar-refractivity contribution in [1.82, 2.24) is 9.97 Å². The van der Waals surface area contributed by atoms with Crippen LogP contribution in [0, 0.1) is 5.92 Å². The maximum atomic E-state index is 12.1. The molecule has 10 heteroatoms. The van der Waals surface area contributed by atoms with E-state index in [0.717, 1.165) is 60.6 Å². The summed E-state index contributed by atoms with van der Waals surface area (Å²) >= 11 is 1.44. The fraction of sp³-hybridized carbons (Fsp3) is 0.320. The molecule has 0 aliphatic carbocycles. The van der Waals surface area contributed by atoms with Gasteiger partial charge in [-0.3, -0.25) is 9.52 Å². The number of sulfonamides is 1. The maximum absolute atomic E-state index is 12.1. The quantitative estimate of drug-likeness (QED) is 0.446. The molecule has 0 saturated carbocycles. The molecule has 1 fully saturated rings. The van der Waals surface area contributed by atoms with Crippen molar-refractivity contribution in [2.45, 2.75) is 19.8 Å². The molecule has 2 heterocycles. The predicted molar refractivity (Wildman–Crippen MR) is 144 cm³/mol. The number of rotatable bonds is 8. The molecule has 1 aromatic heterocycles. The number of hydrogen-bond acceptors (Lipinski definition) is 8. The van der Waals surface area contributed by atoms with Crippen molar-refractivity contribution in [3.05, 3.63) is 60.8 Å². The Bertz CT molecular complexity index is 1260. The average molecular weight is 512 g/mol. The Hall–Kier alpha value is -3.11. The molecule has 0 unspecified atom stereocenters. The third-order valence-electron chi connectivity index (χ3n) is 5.74. The van der Waals surface area contributed by atoms with Crippen molar-refractivity contribution in [2.24, 2.45) is 5.92 Å². The summed E-state index contributed by atoms with van der Waals surface area (Å²) in [5, 5.41) is 3.57. The summed E-state index contributed by atoms with van der Waals surface area (Å²) in [6.07, 6.45) is 4.60. The molecule has 1 saturated heterocycles. The summed E-state index contributed by atoms with van der Waals surface area (Å²) in [6, 6.07) is 17.0. The molecule has 2 N–H and O–H groups in total. The third kappa shape index (κ3) is 6.95. The first-order valence-corrected chi connectivity index (χ1v) is 14.4. The number of nitrogens with one attached hydrogen (secondary N) is 2. The highest BCUT2D eigenvalue weighted by molar-refractivity contribution is 8.13. The molecule has 0 spiro atoms. The summed E-state index contributed by atoms with van der Waals surface area (Å²) in [4.78, 5) is 23.4. The first-order chi connectivity index (χ1) is 16.8. The van der Waals surface area contributed by atoms with Crippen LogP contribution < -0.4 is 14.9 Å². The van der Waals surface area contributed by atoms with Crippen molar-refractivity contribution in [3.8, 4) is 11.3 Å². The lowest BCUT2D eigenvalue weighted by Gasteiger charge is -2.32. The lowest BCUT2D eigenvalue weighted by atomic mass is 9.98. The molecule has 2 aromatic carbocycles. The van der Waals surface area contributed by atoms with Crippen molar-refractivity contribution in [3.63, 3.8) is 0 Å². The molecule has 1 aliphatic rings. The monoisotopic (exact) mass is 511 g/mol. The van der Waals surface area contributed by atoms with Gasteiger partial charge >= 0.3 is 0 Å². The molecule has 184 valence electrons. The third-order valence-corrected chi connectivity index (χ3v) is 7.26. The van der Waals surface area contributed by atoms with E-state index in [1.807, 2.05) is 31.2 Å². The van der Waals surface area contributed by atoms with Crippen LogP contribution in [0.25, 0.3) is 11.3 Å². The summed E-state index contributed by atoms with van der Waals surface area (Å²) in [7, 11) is -3.32. The molecule has 0 amide bonds. The Morgan fingerprint density at radius 1 is 1.03 bits per heavy atom. The summed E-state index contributed by atoms with van der Waals surface area (Å²) < 4.78 is 25.2. The summed E-state index contributed by atoms with van der Waals surface area (Å²) in [5.41, 5.74) is 4.09. The second kappa shape index (κ2) is 11.1. The van der Waals surface area contributed by atoms with Gasteiger partial charge in [0.2, 0.25) is 16.0 Å². The van der Waals surface area contributed by atoms with E-state index in [1.165, 1.54) is 11.8 Å². The number of benzene rings is 2. The molecule has 35 heavy (non-hydrogen) atoms. The Kier molecular flexibility index (Phi) is 7.92. The molecule has 4 rings (SSSR count). The van der Waals surface area contributed by atoms with Crippen LogP contribution in [-0.4, -0.2) is 48.6 Å². The van der Waals surface area contributed by atoms with Crippen LogP contribution in [-0.2, 0) is 14.8 Å². The zero-order valence-corrected chi connectivity index (χ0v) is 21.4. The van der Waals surface area contributed by atoms with Gasteiger partial charge in [0.15, 0.2) is 5.12 Å². The van der Waals surface area contributed by atoms with Gasteiger partial charge in [-0.25, -0.2) is 18.4 Å². The van der Waals surface area contributed by atoms with Crippen LogP contribution in [0.2, 0.25) is 0 Å². The van der Waals surface area contributed by atoms with Gasteiger partial charge in [0.05, 0.1) is 11.9 Å². The average Bonchev–Trinajstić information content (AvgIpc) is 2.84. The number of hydrogen-bond donors (Lipinski definition) is 2. The standard InChI is InChI=1S/C25H29N5O3S2/c1-3-34-24(31)19-13-16-30(17-14-19)22-10-8-20(9-11-22)27-25-26-15-12-23(28-25)18-4-6-21(7-5-18)29-35(2,32)33/h4-12,15,19,29H,3,13-14,16-17H2,1-2H3,(H,26,27,28). The molecule has 3 aromatic rings. The highest BCUT2D eigenvalue weighted by Crippen LogP contribution is 2.28. The molecular formula is C25H29N5O3S2. The molecule has 1 aliphatic heterocycles. The number of thioether (sulfide) groups is 1. The van der Waals surface area contributed by atoms with Gasteiger partial charge < -0.3 is 10.2 Å². The van der Waals surface area contributed by atoms with Crippen molar-refractivity contribution in [1.29, 1.82) is 0 Å². The Morgan fingerprint density at radius 3 is 2.31 bits per heavy atom. The number of piperidine rings is 1. The smallest absolute Gasteiger partial charge is 0.229 e. The van der Waals surface area contributed by atoms with E-state index < -0.39 is 10.0 Å². The Morgan fingerprint density at radius 2 is 1.69 bits per heavy atom. The van der Waals surface area contributed by atoms with Crippen molar-refractivity contribution >= 4 is 49.9 Å². The number of nitrogens with zero attached hydrogens (tertiary/aromatic N) is 3. The van der Waals surface area contributed by atoms with E-state index in [0.29, 0.717) is 16.8 Å². The van der Waals surface area contributed by atoms with Crippen molar-refractivity contribution in [2.75, 3.05) is 40.0 Å². The van der Waals surface area contributed by atoms with Crippen LogP contribution >= 0.6 is 11.8 Å². The first-order valence-electron chi connectivity index (χ1n) is 11.5. The number of anilines is 4. The number of carbonyl (C=O) groups excluding carboxylic acids is 1. The van der Waals surface area contributed by atoms with Crippen LogP contribution in [0.5, 0.6) is 0 Å². The van der Waals surface area contributed by atoms with Crippen LogP contribution in [0.4, 0.5) is 23.0 Å². The fourth-order valence-corrected chi connectivity index (χ4v) is 5.34. The van der Waals surface area contributed by atoms with Gasteiger partial charge in [0, 0.05) is 47.8 Å². The predicted octanol–water partition coefficient (Wildman–Crippen LogP) is 4.75. The molecule has 0 atom stereocenters. The van der Waals surface area contributed by atoms with Gasteiger partial charge in [-0.15, -0.1) is 0 Å². The Labute approximate surface area is 210 Å². The maximum Gasteiger partial charge on any atom is 0.229 e. The molecule has 8 nitrogen and oxygen atoms in total. The minimum absolute atomic E-state index is 0.175. The second-order valence-corrected chi connectivity index (χ2v) is 11.4. The van der Waals surface area contributed by atoms with Crippen molar-refractivity contribution < 1.29 is 13.2 Å². The molecule has 0 radical (unpaired) electrons.